The Hall–Kier alpha value is -1.62. The lowest BCUT2D eigenvalue weighted by Gasteiger charge is -2.09. The first kappa shape index (κ1) is 12.8. The summed E-state index contributed by atoms with van der Waals surface area (Å²) in [7, 11) is 0. The number of nitrogens with two attached hydrogens (primary N) is 1. The summed E-state index contributed by atoms with van der Waals surface area (Å²) in [5, 5.41) is 0. The monoisotopic (exact) mass is 308 g/mol. The third-order valence-electron chi connectivity index (χ3n) is 2.59. The van der Waals surface area contributed by atoms with E-state index in [9.17, 15) is 4.79 Å². The average Bonchev–Trinajstić information content (AvgIpc) is 2.35. The fraction of sp³-hybridized carbons (Fsp3) is 0.231. The third kappa shape index (κ3) is 2.46. The number of benzene rings is 1. The van der Waals surface area contributed by atoms with Crippen LogP contribution in [0.4, 0.5) is 6.01 Å². The second-order valence-corrected chi connectivity index (χ2v) is 4.70. The molecule has 1 aromatic carbocycles. The van der Waals surface area contributed by atoms with Crippen LogP contribution in [-0.4, -0.2) is 4.98 Å². The highest BCUT2D eigenvalue weighted by Crippen LogP contribution is 2.30. The molecular formula is C13H13BrN2O2. The Morgan fingerprint density at radius 1 is 1.39 bits per heavy atom. The molecule has 0 aliphatic heterocycles. The molecule has 0 amide bonds. The molecule has 1 aromatic heterocycles. The molecule has 2 rings (SSSR count). The SMILES string of the molecule is CCCc1ccccc1-c1oc(N)nc(=O)c1Br. The normalized spacial score (nSPS) is 10.6. The molecule has 0 unspecified atom stereocenters. The highest BCUT2D eigenvalue weighted by Gasteiger charge is 2.14. The Kier molecular flexibility index (Phi) is 3.81. The Bertz CT molecular complexity index is 623. The molecule has 0 radical (unpaired) electrons. The van der Waals surface area contributed by atoms with Gasteiger partial charge >= 0.3 is 0 Å². The van der Waals surface area contributed by atoms with Gasteiger partial charge in [0.25, 0.3) is 11.6 Å². The molecule has 0 atom stereocenters. The standard InChI is InChI=1S/C13H13BrN2O2/c1-2-5-8-6-3-4-7-9(8)11-10(14)12(17)16-13(15)18-11/h3-4,6-7H,2,5H2,1H3,(H2,15,16,17). The maximum absolute atomic E-state index is 11.6. The first-order valence-corrected chi connectivity index (χ1v) is 6.47. The number of hydrogen-bond acceptors (Lipinski definition) is 4. The number of rotatable bonds is 3. The summed E-state index contributed by atoms with van der Waals surface area (Å²) < 4.78 is 5.69. The van der Waals surface area contributed by atoms with Crippen LogP contribution in [0.25, 0.3) is 11.3 Å². The van der Waals surface area contributed by atoms with Gasteiger partial charge in [0.15, 0.2) is 5.76 Å². The fourth-order valence-electron chi connectivity index (χ4n) is 1.82. The van der Waals surface area contributed by atoms with Crippen molar-refractivity contribution in [3.05, 3.63) is 44.7 Å². The third-order valence-corrected chi connectivity index (χ3v) is 3.29. The van der Waals surface area contributed by atoms with Gasteiger partial charge in [0.2, 0.25) is 0 Å². The Morgan fingerprint density at radius 2 is 2.11 bits per heavy atom. The van der Waals surface area contributed by atoms with Gasteiger partial charge in [-0.25, -0.2) is 0 Å². The molecule has 0 fully saturated rings. The number of anilines is 1. The van der Waals surface area contributed by atoms with E-state index in [-0.39, 0.29) is 6.01 Å². The van der Waals surface area contributed by atoms with Crippen LogP contribution in [0.5, 0.6) is 0 Å². The van der Waals surface area contributed by atoms with Gasteiger partial charge in [0.1, 0.15) is 4.47 Å². The largest absolute Gasteiger partial charge is 0.424 e. The van der Waals surface area contributed by atoms with Crippen molar-refractivity contribution in [3.8, 4) is 11.3 Å². The van der Waals surface area contributed by atoms with Crippen molar-refractivity contribution in [3.63, 3.8) is 0 Å². The average molecular weight is 309 g/mol. The van der Waals surface area contributed by atoms with Crippen molar-refractivity contribution < 1.29 is 4.42 Å². The van der Waals surface area contributed by atoms with E-state index >= 15 is 0 Å². The molecule has 2 N–H and O–H groups in total. The topological polar surface area (TPSA) is 69.1 Å². The predicted molar refractivity (Wildman–Crippen MR) is 74.3 cm³/mol. The molecule has 2 aromatic rings. The van der Waals surface area contributed by atoms with Gasteiger partial charge in [-0.15, -0.1) is 0 Å². The van der Waals surface area contributed by atoms with Crippen LogP contribution in [-0.2, 0) is 6.42 Å². The summed E-state index contributed by atoms with van der Waals surface area (Å²) in [6, 6.07) is 7.67. The van der Waals surface area contributed by atoms with Crippen molar-refractivity contribution in [2.45, 2.75) is 19.8 Å². The van der Waals surface area contributed by atoms with Gasteiger partial charge in [0, 0.05) is 5.56 Å². The van der Waals surface area contributed by atoms with Crippen LogP contribution in [0.15, 0.2) is 37.9 Å². The second-order valence-electron chi connectivity index (χ2n) is 3.91. The van der Waals surface area contributed by atoms with Crippen LogP contribution in [0, 0.1) is 0 Å². The number of halogens is 1. The zero-order valence-electron chi connectivity index (χ0n) is 9.94. The van der Waals surface area contributed by atoms with Crippen LogP contribution in [0.3, 0.4) is 0 Å². The smallest absolute Gasteiger partial charge is 0.295 e. The molecule has 5 heteroatoms. The maximum atomic E-state index is 11.6. The van der Waals surface area contributed by atoms with E-state index in [1.165, 1.54) is 0 Å². The van der Waals surface area contributed by atoms with Crippen molar-refractivity contribution in [1.82, 2.24) is 4.98 Å². The number of aryl methyl sites for hydroxylation is 1. The molecule has 18 heavy (non-hydrogen) atoms. The van der Waals surface area contributed by atoms with Crippen molar-refractivity contribution in [2.24, 2.45) is 0 Å². The quantitative estimate of drug-likeness (QED) is 0.946. The Morgan fingerprint density at radius 3 is 2.83 bits per heavy atom. The summed E-state index contributed by atoms with van der Waals surface area (Å²) in [4.78, 5) is 15.1. The highest BCUT2D eigenvalue weighted by atomic mass is 79.9. The van der Waals surface area contributed by atoms with Crippen molar-refractivity contribution >= 4 is 21.9 Å². The van der Waals surface area contributed by atoms with Crippen LogP contribution < -0.4 is 11.3 Å². The number of hydrogen-bond donors (Lipinski definition) is 1. The minimum absolute atomic E-state index is 0.121. The fourth-order valence-corrected chi connectivity index (χ4v) is 2.20. The van der Waals surface area contributed by atoms with E-state index < -0.39 is 5.56 Å². The molecular weight excluding hydrogens is 296 g/mol. The van der Waals surface area contributed by atoms with E-state index in [0.29, 0.717) is 10.2 Å². The maximum Gasteiger partial charge on any atom is 0.295 e. The van der Waals surface area contributed by atoms with E-state index in [1.807, 2.05) is 24.3 Å². The highest BCUT2D eigenvalue weighted by molar-refractivity contribution is 9.10. The first-order valence-electron chi connectivity index (χ1n) is 5.68. The van der Waals surface area contributed by atoms with E-state index in [0.717, 1.165) is 24.0 Å². The van der Waals surface area contributed by atoms with Gasteiger partial charge in [-0.05, 0) is 27.9 Å². The van der Waals surface area contributed by atoms with Gasteiger partial charge < -0.3 is 10.2 Å². The van der Waals surface area contributed by atoms with Crippen molar-refractivity contribution in [1.29, 1.82) is 0 Å². The summed E-state index contributed by atoms with van der Waals surface area (Å²) in [5.74, 6) is 0.441. The lowest BCUT2D eigenvalue weighted by Crippen LogP contribution is -2.10. The van der Waals surface area contributed by atoms with Gasteiger partial charge in [-0.2, -0.15) is 4.98 Å². The molecule has 1 heterocycles. The molecule has 0 aliphatic carbocycles. The molecule has 0 spiro atoms. The van der Waals surface area contributed by atoms with E-state index in [1.54, 1.807) is 0 Å². The van der Waals surface area contributed by atoms with Crippen LogP contribution in [0.1, 0.15) is 18.9 Å². The molecule has 0 aliphatic rings. The number of nitrogen functional groups attached to an aromatic ring is 1. The predicted octanol–water partition coefficient (Wildman–Crippen LogP) is 3.00. The molecule has 0 saturated heterocycles. The Labute approximate surface area is 113 Å². The first-order chi connectivity index (χ1) is 8.63. The summed E-state index contributed by atoms with van der Waals surface area (Å²) >= 11 is 3.21. The zero-order valence-corrected chi connectivity index (χ0v) is 11.5. The van der Waals surface area contributed by atoms with Crippen LogP contribution in [0.2, 0.25) is 0 Å². The molecule has 0 bridgehead atoms. The lowest BCUT2D eigenvalue weighted by molar-refractivity contribution is 0.559. The van der Waals surface area contributed by atoms with Crippen molar-refractivity contribution in [2.75, 3.05) is 5.73 Å². The molecule has 0 saturated carbocycles. The van der Waals surface area contributed by atoms with Crippen LogP contribution >= 0.6 is 15.9 Å². The summed E-state index contributed by atoms with van der Waals surface area (Å²) in [6.07, 6.45) is 1.92. The second kappa shape index (κ2) is 5.35. The van der Waals surface area contributed by atoms with Gasteiger partial charge in [0.05, 0.1) is 0 Å². The van der Waals surface area contributed by atoms with Gasteiger partial charge in [-0.3, -0.25) is 4.79 Å². The lowest BCUT2D eigenvalue weighted by atomic mass is 10.0. The minimum Gasteiger partial charge on any atom is -0.424 e. The summed E-state index contributed by atoms with van der Waals surface area (Å²) in [5.41, 5.74) is 7.07. The number of aromatic nitrogens is 1. The van der Waals surface area contributed by atoms with E-state index in [4.69, 9.17) is 10.2 Å². The zero-order chi connectivity index (χ0) is 13.1. The number of nitrogens with zero attached hydrogens (tertiary/aromatic N) is 1. The summed E-state index contributed by atoms with van der Waals surface area (Å²) in [6.45, 7) is 2.10. The molecule has 94 valence electrons. The van der Waals surface area contributed by atoms with E-state index in [2.05, 4.69) is 27.8 Å². The molecule has 4 nitrogen and oxygen atoms in total. The van der Waals surface area contributed by atoms with Gasteiger partial charge in [-0.1, -0.05) is 37.6 Å². The Balaban J connectivity index is 2.65. The minimum atomic E-state index is -0.417.